The molecule has 136 valence electrons. The normalized spacial score (nSPS) is 20.7. The van der Waals surface area contributed by atoms with E-state index in [0.717, 1.165) is 5.56 Å². The molecule has 2 aromatic carbocycles. The van der Waals surface area contributed by atoms with Gasteiger partial charge in [-0.05, 0) is 69.0 Å². The molecule has 0 amide bonds. The molecule has 1 aliphatic carbocycles. The number of hydrogen-bond donors (Lipinski definition) is 2. The molecule has 1 heterocycles. The first-order valence-corrected chi connectivity index (χ1v) is 10.2. The van der Waals surface area contributed by atoms with Crippen LogP contribution >= 0.6 is 45.2 Å². The minimum atomic E-state index is -1.01. The second-order valence-corrected chi connectivity index (χ2v) is 8.37. The number of ether oxygens (including phenoxy) is 1. The third-order valence-electron chi connectivity index (χ3n) is 4.73. The molecule has 0 saturated heterocycles. The molecule has 2 N–H and O–H groups in total. The molecule has 27 heavy (non-hydrogen) atoms. The molecule has 0 spiro atoms. The third-order valence-corrected chi connectivity index (χ3v) is 6.84. The summed E-state index contributed by atoms with van der Waals surface area (Å²) in [4.78, 5) is 24.0. The molecule has 0 fully saturated rings. The van der Waals surface area contributed by atoms with Crippen LogP contribution in [0.2, 0.25) is 0 Å². The lowest BCUT2D eigenvalue weighted by atomic mass is 9.74. The predicted molar refractivity (Wildman–Crippen MR) is 115 cm³/mol. The molecule has 0 radical (unpaired) electrons. The Morgan fingerprint density at radius 2 is 1.81 bits per heavy atom. The lowest BCUT2D eigenvalue weighted by Gasteiger charge is -2.37. The topological polar surface area (TPSA) is 83.8 Å². The second-order valence-electron chi connectivity index (χ2n) is 6.22. The summed E-state index contributed by atoms with van der Waals surface area (Å²) < 4.78 is 7.06. The average molecular weight is 586 g/mol. The monoisotopic (exact) mass is 586 g/mol. The number of allylic oxidation sites excluding steroid dienone is 3. The summed E-state index contributed by atoms with van der Waals surface area (Å²) in [7, 11) is 0. The number of fused-ring (bicyclic) bond motifs is 2. The SMILES string of the molecule is O=C1C=C[C@@H]2C(=C1I)Oc1c(ccc(O)c1I)[C@@H]2c1ccccc1C(=O)O. The molecule has 2 aliphatic rings. The maximum Gasteiger partial charge on any atom is 0.335 e. The van der Waals surface area contributed by atoms with Crippen molar-refractivity contribution in [3.05, 3.63) is 78.1 Å². The van der Waals surface area contributed by atoms with Gasteiger partial charge in [0, 0.05) is 17.4 Å². The van der Waals surface area contributed by atoms with Crippen molar-refractivity contribution < 1.29 is 24.5 Å². The highest BCUT2D eigenvalue weighted by Crippen LogP contribution is 2.52. The van der Waals surface area contributed by atoms with Crippen molar-refractivity contribution >= 4 is 56.9 Å². The fraction of sp³-hybridized carbons (Fsp3) is 0.100. The first-order chi connectivity index (χ1) is 12.9. The Morgan fingerprint density at radius 3 is 2.56 bits per heavy atom. The number of hydrogen-bond acceptors (Lipinski definition) is 4. The Kier molecular flexibility index (Phi) is 4.75. The highest BCUT2D eigenvalue weighted by molar-refractivity contribution is 14.1. The Morgan fingerprint density at radius 1 is 1.07 bits per heavy atom. The Hall–Kier alpha value is -1.88. The van der Waals surface area contributed by atoms with Gasteiger partial charge in [-0.15, -0.1) is 0 Å². The predicted octanol–water partition coefficient (Wildman–Crippen LogP) is 4.62. The Bertz CT molecular complexity index is 1050. The van der Waals surface area contributed by atoms with Crippen LogP contribution in [0, 0.1) is 9.49 Å². The van der Waals surface area contributed by atoms with Crippen molar-refractivity contribution in [1.82, 2.24) is 0 Å². The number of benzene rings is 2. The summed E-state index contributed by atoms with van der Waals surface area (Å²) in [6.45, 7) is 0. The standard InChI is InChI=1S/C20H12I2O5/c21-16-13(23)7-5-11-15(9-3-1-2-4-10(9)20(25)26)12-6-8-14(24)17(22)19(12)27-18(11)16/h1-8,11,15,24H,(H,25,26)/t11-,15+/m0/s1. The van der Waals surface area contributed by atoms with Gasteiger partial charge in [0.25, 0.3) is 0 Å². The number of carbonyl (C=O) groups excluding carboxylic acids is 1. The molecule has 7 heteroatoms. The molecule has 2 atom stereocenters. The first kappa shape index (κ1) is 18.5. The molecule has 5 nitrogen and oxygen atoms in total. The van der Waals surface area contributed by atoms with Crippen molar-refractivity contribution in [2.24, 2.45) is 5.92 Å². The van der Waals surface area contributed by atoms with Crippen LogP contribution in [0.1, 0.15) is 27.4 Å². The first-order valence-electron chi connectivity index (χ1n) is 8.03. The summed E-state index contributed by atoms with van der Waals surface area (Å²) >= 11 is 3.96. The number of carboxylic acids is 1. The fourth-order valence-electron chi connectivity index (χ4n) is 3.53. The van der Waals surface area contributed by atoms with Crippen LogP contribution in [-0.2, 0) is 4.79 Å². The van der Waals surface area contributed by atoms with Crippen LogP contribution in [0.15, 0.2) is 57.9 Å². The number of carboxylic acid groups (broad SMARTS) is 1. The number of ketones is 1. The summed E-state index contributed by atoms with van der Waals surface area (Å²) in [5.74, 6) is -0.781. The summed E-state index contributed by atoms with van der Waals surface area (Å²) in [6, 6.07) is 10.2. The van der Waals surface area contributed by atoms with E-state index in [9.17, 15) is 19.8 Å². The van der Waals surface area contributed by atoms with E-state index >= 15 is 0 Å². The number of rotatable bonds is 2. The van der Waals surface area contributed by atoms with E-state index in [4.69, 9.17) is 4.74 Å². The zero-order chi connectivity index (χ0) is 19.3. The van der Waals surface area contributed by atoms with Crippen LogP contribution in [0.25, 0.3) is 0 Å². The van der Waals surface area contributed by atoms with E-state index in [2.05, 4.69) is 0 Å². The summed E-state index contributed by atoms with van der Waals surface area (Å²) in [5.41, 5.74) is 1.63. The number of halogens is 2. The van der Waals surface area contributed by atoms with Crippen molar-refractivity contribution in [2.75, 3.05) is 0 Å². The molecule has 0 bridgehead atoms. The van der Waals surface area contributed by atoms with Gasteiger partial charge in [0.15, 0.2) is 5.78 Å². The van der Waals surface area contributed by atoms with Gasteiger partial charge in [-0.3, -0.25) is 4.79 Å². The smallest absolute Gasteiger partial charge is 0.335 e. The summed E-state index contributed by atoms with van der Waals surface area (Å²) in [6.07, 6.45) is 3.28. The number of phenolic OH excluding ortho intramolecular Hbond substituents is 1. The largest absolute Gasteiger partial charge is 0.507 e. The Labute approximate surface area is 182 Å². The van der Waals surface area contributed by atoms with Crippen LogP contribution in [0.4, 0.5) is 0 Å². The van der Waals surface area contributed by atoms with Gasteiger partial charge in [-0.2, -0.15) is 0 Å². The minimum Gasteiger partial charge on any atom is -0.507 e. The number of aromatic carboxylic acids is 1. The quantitative estimate of drug-likeness (QED) is 0.503. The number of carbonyl (C=O) groups is 2. The summed E-state index contributed by atoms with van der Waals surface area (Å²) in [5, 5.41) is 19.8. The van der Waals surface area contributed by atoms with Crippen molar-refractivity contribution in [2.45, 2.75) is 5.92 Å². The van der Waals surface area contributed by atoms with E-state index in [-0.39, 0.29) is 28.9 Å². The lowest BCUT2D eigenvalue weighted by Crippen LogP contribution is -2.29. The molecule has 1 aliphatic heterocycles. The van der Waals surface area contributed by atoms with Crippen LogP contribution in [-0.4, -0.2) is 22.0 Å². The molecular formula is C20H12I2O5. The third kappa shape index (κ3) is 2.96. The average Bonchev–Trinajstić information content (AvgIpc) is 2.66. The lowest BCUT2D eigenvalue weighted by molar-refractivity contribution is -0.110. The minimum absolute atomic E-state index is 0.0753. The van der Waals surface area contributed by atoms with Crippen molar-refractivity contribution in [3.8, 4) is 11.5 Å². The van der Waals surface area contributed by atoms with Crippen molar-refractivity contribution in [1.29, 1.82) is 0 Å². The van der Waals surface area contributed by atoms with E-state index in [1.54, 1.807) is 42.5 Å². The van der Waals surface area contributed by atoms with E-state index < -0.39 is 5.97 Å². The molecular weight excluding hydrogens is 574 g/mol. The van der Waals surface area contributed by atoms with E-state index in [1.165, 1.54) is 6.08 Å². The second kappa shape index (κ2) is 6.93. The molecule has 2 aromatic rings. The number of aromatic hydroxyl groups is 1. The van der Waals surface area contributed by atoms with Gasteiger partial charge in [-0.1, -0.05) is 30.3 Å². The zero-order valence-corrected chi connectivity index (χ0v) is 18.0. The van der Waals surface area contributed by atoms with Gasteiger partial charge in [0.1, 0.15) is 17.3 Å². The van der Waals surface area contributed by atoms with Crippen molar-refractivity contribution in [3.63, 3.8) is 0 Å². The Balaban J connectivity index is 2.03. The van der Waals surface area contributed by atoms with Gasteiger partial charge >= 0.3 is 5.97 Å². The zero-order valence-electron chi connectivity index (χ0n) is 13.6. The molecule has 0 unspecified atom stereocenters. The molecule has 4 rings (SSSR count). The maximum absolute atomic E-state index is 12.2. The van der Waals surface area contributed by atoms with Gasteiger partial charge < -0.3 is 14.9 Å². The number of phenols is 1. The molecule has 0 aromatic heterocycles. The fourth-order valence-corrected chi connectivity index (χ4v) is 4.78. The van der Waals surface area contributed by atoms with Crippen LogP contribution in [0.3, 0.4) is 0 Å². The molecule has 0 saturated carbocycles. The van der Waals surface area contributed by atoms with Gasteiger partial charge in [0.2, 0.25) is 0 Å². The highest BCUT2D eigenvalue weighted by Gasteiger charge is 2.41. The van der Waals surface area contributed by atoms with Gasteiger partial charge in [-0.25, -0.2) is 4.79 Å². The van der Waals surface area contributed by atoms with Crippen LogP contribution < -0.4 is 4.74 Å². The van der Waals surface area contributed by atoms with Crippen LogP contribution in [0.5, 0.6) is 11.5 Å². The highest BCUT2D eigenvalue weighted by atomic mass is 127. The maximum atomic E-state index is 12.2. The van der Waals surface area contributed by atoms with E-state index in [0.29, 0.717) is 24.2 Å². The van der Waals surface area contributed by atoms with E-state index in [1.807, 2.05) is 45.2 Å². The van der Waals surface area contributed by atoms with Gasteiger partial charge in [0.05, 0.1) is 12.7 Å².